The van der Waals surface area contributed by atoms with Crippen molar-refractivity contribution >= 4 is 11.7 Å². The van der Waals surface area contributed by atoms with Crippen molar-refractivity contribution < 1.29 is 14.6 Å². The van der Waals surface area contributed by atoms with E-state index < -0.39 is 5.97 Å². The van der Waals surface area contributed by atoms with Crippen LogP contribution in [0, 0.1) is 0 Å². The highest BCUT2D eigenvalue weighted by Crippen LogP contribution is 2.21. The lowest BCUT2D eigenvalue weighted by Gasteiger charge is -2.34. The molecule has 0 saturated carbocycles. The quantitative estimate of drug-likeness (QED) is 0.840. The summed E-state index contributed by atoms with van der Waals surface area (Å²) in [5, 5.41) is 12.1. The number of ether oxygens (including phenoxy) is 1. The Kier molecular flexibility index (Phi) is 4.63. The second kappa shape index (κ2) is 6.43. The van der Waals surface area contributed by atoms with E-state index in [-0.39, 0.29) is 12.5 Å². The Labute approximate surface area is 113 Å². The SMILES string of the molecule is CCOc1ccc(N2CCNC(CC(=O)O)C2)cc1. The number of benzene rings is 1. The number of hydrogen-bond acceptors (Lipinski definition) is 4. The first kappa shape index (κ1) is 13.7. The number of carboxylic acids is 1. The standard InChI is InChI=1S/C14H20N2O3/c1-2-19-13-5-3-12(4-6-13)16-8-7-15-11(10-16)9-14(17)18/h3-6,11,15H,2,7-10H2,1H3,(H,17,18). The average Bonchev–Trinajstić information content (AvgIpc) is 2.39. The molecule has 0 aliphatic carbocycles. The average molecular weight is 264 g/mol. The normalized spacial score (nSPS) is 19.2. The van der Waals surface area contributed by atoms with Crippen LogP contribution < -0.4 is 15.0 Å². The summed E-state index contributed by atoms with van der Waals surface area (Å²) in [6.07, 6.45) is 0.160. The van der Waals surface area contributed by atoms with Gasteiger partial charge < -0.3 is 20.1 Å². The predicted molar refractivity (Wildman–Crippen MR) is 73.9 cm³/mol. The van der Waals surface area contributed by atoms with Crippen molar-refractivity contribution in [1.82, 2.24) is 5.32 Å². The summed E-state index contributed by atoms with van der Waals surface area (Å²) in [6, 6.07) is 7.96. The van der Waals surface area contributed by atoms with Crippen LogP contribution in [0.3, 0.4) is 0 Å². The third kappa shape index (κ3) is 3.86. The molecule has 1 aromatic rings. The molecule has 2 rings (SSSR count). The fourth-order valence-corrected chi connectivity index (χ4v) is 2.33. The van der Waals surface area contributed by atoms with Crippen LogP contribution in [0.25, 0.3) is 0 Å². The van der Waals surface area contributed by atoms with E-state index in [4.69, 9.17) is 9.84 Å². The van der Waals surface area contributed by atoms with Gasteiger partial charge in [-0.1, -0.05) is 0 Å². The maximum atomic E-state index is 10.8. The molecule has 1 aliphatic rings. The van der Waals surface area contributed by atoms with E-state index in [2.05, 4.69) is 10.2 Å². The number of aliphatic carboxylic acids is 1. The minimum Gasteiger partial charge on any atom is -0.494 e. The molecule has 0 aromatic heterocycles. The molecule has 1 atom stereocenters. The zero-order valence-electron chi connectivity index (χ0n) is 11.1. The molecule has 104 valence electrons. The highest BCUT2D eigenvalue weighted by Gasteiger charge is 2.21. The van der Waals surface area contributed by atoms with Gasteiger partial charge in [-0.05, 0) is 31.2 Å². The van der Waals surface area contributed by atoms with Crippen molar-refractivity contribution in [3.8, 4) is 5.75 Å². The Morgan fingerprint density at radius 2 is 2.21 bits per heavy atom. The Hall–Kier alpha value is -1.75. The Balaban J connectivity index is 1.98. The second-order valence-corrected chi connectivity index (χ2v) is 4.62. The molecule has 1 aliphatic heterocycles. The topological polar surface area (TPSA) is 61.8 Å². The summed E-state index contributed by atoms with van der Waals surface area (Å²) in [5.41, 5.74) is 1.11. The van der Waals surface area contributed by atoms with Crippen molar-refractivity contribution in [3.05, 3.63) is 24.3 Å². The van der Waals surface area contributed by atoms with Gasteiger partial charge in [0.2, 0.25) is 0 Å². The van der Waals surface area contributed by atoms with Crippen LogP contribution in [0.5, 0.6) is 5.75 Å². The Morgan fingerprint density at radius 1 is 1.47 bits per heavy atom. The van der Waals surface area contributed by atoms with E-state index in [0.29, 0.717) is 6.61 Å². The molecule has 1 saturated heterocycles. The van der Waals surface area contributed by atoms with Gasteiger partial charge in [0.05, 0.1) is 13.0 Å². The van der Waals surface area contributed by atoms with E-state index in [1.54, 1.807) is 0 Å². The van der Waals surface area contributed by atoms with Gasteiger partial charge in [0.25, 0.3) is 0 Å². The fourth-order valence-electron chi connectivity index (χ4n) is 2.33. The molecule has 1 heterocycles. The minimum absolute atomic E-state index is 0.0119. The summed E-state index contributed by atoms with van der Waals surface area (Å²) in [7, 11) is 0. The maximum Gasteiger partial charge on any atom is 0.304 e. The predicted octanol–water partition coefficient (Wildman–Crippen LogP) is 1.34. The smallest absolute Gasteiger partial charge is 0.304 e. The van der Waals surface area contributed by atoms with Crippen LogP contribution in [-0.4, -0.2) is 43.4 Å². The van der Waals surface area contributed by atoms with Gasteiger partial charge in [0, 0.05) is 31.4 Å². The lowest BCUT2D eigenvalue weighted by atomic mass is 10.1. The van der Waals surface area contributed by atoms with Crippen LogP contribution >= 0.6 is 0 Å². The zero-order chi connectivity index (χ0) is 13.7. The summed E-state index contributed by atoms with van der Waals surface area (Å²) in [6.45, 7) is 5.05. The molecular weight excluding hydrogens is 244 g/mol. The van der Waals surface area contributed by atoms with Crippen LogP contribution in [0.1, 0.15) is 13.3 Å². The van der Waals surface area contributed by atoms with Gasteiger partial charge in [0.1, 0.15) is 5.75 Å². The van der Waals surface area contributed by atoms with Crippen molar-refractivity contribution in [2.75, 3.05) is 31.1 Å². The summed E-state index contributed by atoms with van der Waals surface area (Å²) in [5.74, 6) is 0.106. The highest BCUT2D eigenvalue weighted by molar-refractivity contribution is 5.67. The van der Waals surface area contributed by atoms with Crippen molar-refractivity contribution in [2.24, 2.45) is 0 Å². The van der Waals surface area contributed by atoms with Gasteiger partial charge in [-0.15, -0.1) is 0 Å². The molecule has 1 aromatic carbocycles. The molecule has 19 heavy (non-hydrogen) atoms. The molecule has 0 amide bonds. The third-order valence-electron chi connectivity index (χ3n) is 3.19. The van der Waals surface area contributed by atoms with Crippen LogP contribution in [0.2, 0.25) is 0 Å². The highest BCUT2D eigenvalue weighted by atomic mass is 16.5. The van der Waals surface area contributed by atoms with Gasteiger partial charge in [-0.25, -0.2) is 0 Å². The molecule has 5 heteroatoms. The largest absolute Gasteiger partial charge is 0.494 e. The van der Waals surface area contributed by atoms with E-state index in [9.17, 15) is 4.79 Å². The fraction of sp³-hybridized carbons (Fsp3) is 0.500. The van der Waals surface area contributed by atoms with E-state index in [1.165, 1.54) is 0 Å². The first-order valence-electron chi connectivity index (χ1n) is 6.62. The van der Waals surface area contributed by atoms with Crippen molar-refractivity contribution in [3.63, 3.8) is 0 Å². The van der Waals surface area contributed by atoms with Crippen LogP contribution in [-0.2, 0) is 4.79 Å². The Morgan fingerprint density at radius 3 is 2.84 bits per heavy atom. The lowest BCUT2D eigenvalue weighted by Crippen LogP contribution is -2.51. The van der Waals surface area contributed by atoms with Crippen LogP contribution in [0.4, 0.5) is 5.69 Å². The van der Waals surface area contributed by atoms with Crippen LogP contribution in [0.15, 0.2) is 24.3 Å². The number of carbonyl (C=O) groups is 1. The first-order valence-corrected chi connectivity index (χ1v) is 6.62. The molecule has 0 bridgehead atoms. The van der Waals surface area contributed by atoms with E-state index in [0.717, 1.165) is 31.1 Å². The number of hydrogen-bond donors (Lipinski definition) is 2. The second-order valence-electron chi connectivity index (χ2n) is 4.62. The molecule has 0 spiro atoms. The third-order valence-corrected chi connectivity index (χ3v) is 3.19. The number of piperazine rings is 1. The molecule has 1 fully saturated rings. The van der Waals surface area contributed by atoms with Crippen molar-refractivity contribution in [2.45, 2.75) is 19.4 Å². The number of carboxylic acid groups (broad SMARTS) is 1. The lowest BCUT2D eigenvalue weighted by molar-refractivity contribution is -0.137. The molecular formula is C14H20N2O3. The minimum atomic E-state index is -0.758. The molecule has 0 radical (unpaired) electrons. The summed E-state index contributed by atoms with van der Waals surface area (Å²) >= 11 is 0. The number of nitrogens with zero attached hydrogens (tertiary/aromatic N) is 1. The van der Waals surface area contributed by atoms with Gasteiger partial charge in [0.15, 0.2) is 0 Å². The molecule has 5 nitrogen and oxygen atoms in total. The van der Waals surface area contributed by atoms with E-state index >= 15 is 0 Å². The first-order chi connectivity index (χ1) is 9.19. The molecule has 1 unspecified atom stereocenters. The zero-order valence-corrected chi connectivity index (χ0v) is 11.1. The van der Waals surface area contributed by atoms with Gasteiger partial charge in [-0.3, -0.25) is 4.79 Å². The molecule has 2 N–H and O–H groups in total. The number of nitrogens with one attached hydrogen (secondary N) is 1. The number of rotatable bonds is 5. The van der Waals surface area contributed by atoms with Gasteiger partial charge >= 0.3 is 5.97 Å². The van der Waals surface area contributed by atoms with Gasteiger partial charge in [-0.2, -0.15) is 0 Å². The summed E-state index contributed by atoms with van der Waals surface area (Å²) < 4.78 is 5.41. The van der Waals surface area contributed by atoms with Crippen molar-refractivity contribution in [1.29, 1.82) is 0 Å². The monoisotopic (exact) mass is 264 g/mol. The van der Waals surface area contributed by atoms with E-state index in [1.807, 2.05) is 31.2 Å². The summed E-state index contributed by atoms with van der Waals surface area (Å²) in [4.78, 5) is 13.0. The Bertz CT molecular complexity index is 419. The number of anilines is 1. The maximum absolute atomic E-state index is 10.8.